The normalized spacial score (nSPS) is 35.3. The third kappa shape index (κ3) is 2.45. The van der Waals surface area contributed by atoms with E-state index < -0.39 is 5.67 Å². The molecular formula is C16H23FN2O4. The van der Waals surface area contributed by atoms with Crippen molar-refractivity contribution in [1.29, 1.82) is 0 Å². The summed E-state index contributed by atoms with van der Waals surface area (Å²) < 4.78 is 20.0. The molecule has 6 nitrogen and oxygen atoms in total. The van der Waals surface area contributed by atoms with E-state index >= 15 is 0 Å². The van der Waals surface area contributed by atoms with Crippen LogP contribution in [0.1, 0.15) is 32.1 Å². The third-order valence-electron chi connectivity index (χ3n) is 5.87. The van der Waals surface area contributed by atoms with Crippen LogP contribution in [0.3, 0.4) is 0 Å². The van der Waals surface area contributed by atoms with Gasteiger partial charge in [-0.2, -0.15) is 0 Å². The molecule has 0 aromatic carbocycles. The van der Waals surface area contributed by atoms with Gasteiger partial charge in [-0.3, -0.25) is 14.4 Å². The first-order valence-electron chi connectivity index (χ1n) is 8.52. The summed E-state index contributed by atoms with van der Waals surface area (Å²) >= 11 is 0. The number of carbonyl (C=O) groups is 2. The van der Waals surface area contributed by atoms with E-state index in [-0.39, 0.29) is 23.1 Å². The molecule has 128 valence electrons. The highest BCUT2D eigenvalue weighted by Crippen LogP contribution is 2.47. The highest BCUT2D eigenvalue weighted by Gasteiger charge is 2.56. The average molecular weight is 326 g/mol. The fourth-order valence-electron chi connectivity index (χ4n) is 4.25. The Balaban J connectivity index is 1.46. The highest BCUT2D eigenvalue weighted by molar-refractivity contribution is 5.86. The van der Waals surface area contributed by atoms with E-state index in [0.29, 0.717) is 58.7 Å². The van der Waals surface area contributed by atoms with Gasteiger partial charge < -0.3 is 9.64 Å². The Hall–Kier alpha value is -1.21. The van der Waals surface area contributed by atoms with Crippen molar-refractivity contribution in [2.24, 2.45) is 11.3 Å². The first-order valence-corrected chi connectivity index (χ1v) is 8.52. The molecule has 4 aliphatic rings. The Bertz CT molecular complexity index is 518. The summed E-state index contributed by atoms with van der Waals surface area (Å²) in [5.41, 5.74) is -2.04. The van der Waals surface area contributed by atoms with Gasteiger partial charge in [-0.15, -0.1) is 0 Å². The molecule has 0 radical (unpaired) electrons. The van der Waals surface area contributed by atoms with Gasteiger partial charge in [-0.05, 0) is 25.7 Å². The predicted molar refractivity (Wildman–Crippen MR) is 77.9 cm³/mol. The summed E-state index contributed by atoms with van der Waals surface area (Å²) in [7, 11) is 0. The number of hydrogen-bond acceptors (Lipinski definition) is 4. The Morgan fingerprint density at radius 1 is 1.26 bits per heavy atom. The predicted octanol–water partition coefficient (Wildman–Crippen LogP) is 0.908. The fraction of sp³-hybridized carbons (Fsp3) is 0.875. The van der Waals surface area contributed by atoms with Crippen molar-refractivity contribution in [3.05, 3.63) is 0 Å². The van der Waals surface area contributed by atoms with Gasteiger partial charge in [0.05, 0.1) is 26.4 Å². The minimum absolute atomic E-state index is 0.0501. The number of halogens is 1. The maximum Gasteiger partial charge on any atom is 0.260 e. The Labute approximate surface area is 134 Å². The monoisotopic (exact) mass is 326 g/mol. The van der Waals surface area contributed by atoms with Crippen molar-refractivity contribution in [3.8, 4) is 0 Å². The number of carbonyl (C=O) groups excluding carboxylic acids is 2. The van der Waals surface area contributed by atoms with Gasteiger partial charge in [0.25, 0.3) is 5.91 Å². The summed E-state index contributed by atoms with van der Waals surface area (Å²) in [4.78, 5) is 31.9. The van der Waals surface area contributed by atoms with Gasteiger partial charge in [-0.25, -0.2) is 9.45 Å². The fourth-order valence-corrected chi connectivity index (χ4v) is 4.25. The summed E-state index contributed by atoms with van der Waals surface area (Å²) in [5.74, 6) is -0.324. The van der Waals surface area contributed by atoms with Crippen LogP contribution >= 0.6 is 0 Å². The molecule has 23 heavy (non-hydrogen) atoms. The van der Waals surface area contributed by atoms with E-state index in [1.807, 2.05) is 0 Å². The number of amides is 2. The molecule has 0 bridgehead atoms. The second-order valence-electron chi connectivity index (χ2n) is 7.44. The van der Waals surface area contributed by atoms with E-state index in [2.05, 4.69) is 0 Å². The Morgan fingerprint density at radius 3 is 2.74 bits per heavy atom. The lowest BCUT2D eigenvalue weighted by atomic mass is 9.78. The Kier molecular flexibility index (Phi) is 3.61. The molecule has 0 spiro atoms. The molecule has 0 aromatic heterocycles. The molecular weight excluding hydrogens is 303 g/mol. The molecule has 4 rings (SSSR count). The molecule has 7 heteroatoms. The number of nitrogens with zero attached hydrogens (tertiary/aromatic N) is 2. The number of alkyl halides is 1. The number of hydroxylamine groups is 2. The molecule has 1 saturated carbocycles. The van der Waals surface area contributed by atoms with Gasteiger partial charge in [0.1, 0.15) is 0 Å². The minimum atomic E-state index is -1.66. The van der Waals surface area contributed by atoms with Crippen LogP contribution in [0, 0.1) is 11.3 Å². The molecule has 2 amide bonds. The maximum atomic E-state index is 14.4. The van der Waals surface area contributed by atoms with Gasteiger partial charge >= 0.3 is 0 Å². The van der Waals surface area contributed by atoms with Crippen LogP contribution < -0.4 is 0 Å². The summed E-state index contributed by atoms with van der Waals surface area (Å²) in [5, 5.41) is 1.43. The van der Waals surface area contributed by atoms with Gasteiger partial charge in [0.2, 0.25) is 5.91 Å². The first kappa shape index (κ1) is 15.3. The topological polar surface area (TPSA) is 59.1 Å². The van der Waals surface area contributed by atoms with Gasteiger partial charge in [0.15, 0.2) is 5.67 Å². The SMILES string of the molecule is O=C(C[C@]12COC[C@H]1CN(C(=O)C1(F)CCC1)C2)N1CCCO1. The molecule has 2 atom stereocenters. The third-order valence-corrected chi connectivity index (χ3v) is 5.87. The standard InChI is InChI=1S/C16H23FN2O4/c17-16(3-1-4-16)14(21)18-8-12-9-22-11-15(12,10-18)7-13(20)19-5-2-6-23-19/h12H,1-11H2/t12-,15+/m1/s1. The molecule has 0 unspecified atom stereocenters. The molecule has 1 aliphatic carbocycles. The molecule has 3 aliphatic heterocycles. The van der Waals surface area contributed by atoms with Crippen molar-refractivity contribution < 1.29 is 23.6 Å². The summed E-state index contributed by atoms with van der Waals surface area (Å²) in [6, 6.07) is 0. The lowest BCUT2D eigenvalue weighted by molar-refractivity contribution is -0.171. The number of rotatable bonds is 3. The van der Waals surface area contributed by atoms with Crippen LogP contribution in [0.15, 0.2) is 0 Å². The van der Waals surface area contributed by atoms with E-state index in [9.17, 15) is 14.0 Å². The lowest BCUT2D eigenvalue weighted by Gasteiger charge is -2.36. The number of ether oxygens (including phenoxy) is 1. The van der Waals surface area contributed by atoms with Crippen LogP contribution in [-0.2, 0) is 19.2 Å². The highest BCUT2D eigenvalue weighted by atomic mass is 19.1. The van der Waals surface area contributed by atoms with E-state index in [1.54, 1.807) is 4.90 Å². The van der Waals surface area contributed by atoms with Crippen LogP contribution in [0.2, 0.25) is 0 Å². The average Bonchev–Trinajstić information content (AvgIpc) is 3.18. The lowest BCUT2D eigenvalue weighted by Crippen LogP contribution is -2.50. The zero-order valence-electron chi connectivity index (χ0n) is 13.3. The van der Waals surface area contributed by atoms with Crippen LogP contribution in [0.4, 0.5) is 4.39 Å². The number of hydrogen-bond donors (Lipinski definition) is 0. The molecule has 3 saturated heterocycles. The summed E-state index contributed by atoms with van der Waals surface area (Å²) in [6.45, 7) is 3.11. The van der Waals surface area contributed by atoms with Crippen molar-refractivity contribution in [2.45, 2.75) is 37.8 Å². The largest absolute Gasteiger partial charge is 0.380 e. The second kappa shape index (κ2) is 5.41. The molecule has 0 N–H and O–H groups in total. The van der Waals surface area contributed by atoms with Crippen LogP contribution in [0.5, 0.6) is 0 Å². The smallest absolute Gasteiger partial charge is 0.260 e. The molecule has 4 fully saturated rings. The van der Waals surface area contributed by atoms with Crippen molar-refractivity contribution >= 4 is 11.8 Å². The van der Waals surface area contributed by atoms with Crippen molar-refractivity contribution in [2.75, 3.05) is 39.5 Å². The zero-order valence-corrected chi connectivity index (χ0v) is 13.3. The second-order valence-corrected chi connectivity index (χ2v) is 7.44. The van der Waals surface area contributed by atoms with Gasteiger partial charge in [-0.1, -0.05) is 0 Å². The van der Waals surface area contributed by atoms with Gasteiger partial charge in [0, 0.05) is 30.8 Å². The minimum Gasteiger partial charge on any atom is -0.380 e. The maximum absolute atomic E-state index is 14.4. The van der Waals surface area contributed by atoms with Crippen LogP contribution in [-0.4, -0.2) is 66.9 Å². The molecule has 3 heterocycles. The number of likely N-dealkylation sites (tertiary alicyclic amines) is 1. The van der Waals surface area contributed by atoms with Crippen molar-refractivity contribution in [3.63, 3.8) is 0 Å². The number of fused-ring (bicyclic) bond motifs is 1. The van der Waals surface area contributed by atoms with Crippen molar-refractivity contribution in [1.82, 2.24) is 9.96 Å². The molecule has 0 aromatic rings. The van der Waals surface area contributed by atoms with E-state index in [0.717, 1.165) is 12.8 Å². The zero-order chi connectivity index (χ0) is 16.1. The summed E-state index contributed by atoms with van der Waals surface area (Å²) in [6.07, 6.45) is 2.60. The first-order chi connectivity index (χ1) is 11.0. The van der Waals surface area contributed by atoms with E-state index in [1.165, 1.54) is 5.06 Å². The quantitative estimate of drug-likeness (QED) is 0.773. The van der Waals surface area contributed by atoms with E-state index in [4.69, 9.17) is 9.57 Å². The Morgan fingerprint density at radius 2 is 2.09 bits per heavy atom. The van der Waals surface area contributed by atoms with Crippen LogP contribution in [0.25, 0.3) is 0 Å².